The lowest BCUT2D eigenvalue weighted by atomic mass is 10.1. The third kappa shape index (κ3) is 2.94. The van der Waals surface area contributed by atoms with Crippen LogP contribution in [-0.2, 0) is 22.9 Å². The second kappa shape index (κ2) is 6.36. The summed E-state index contributed by atoms with van der Waals surface area (Å²) in [7, 11) is -3.44. The Labute approximate surface area is 128 Å². The predicted molar refractivity (Wildman–Crippen MR) is 86.8 cm³/mol. The molecule has 4 nitrogen and oxygen atoms in total. The monoisotopic (exact) mass is 310 g/mol. The average molecular weight is 310 g/mol. The first-order valence-electron chi connectivity index (χ1n) is 7.88. The second-order valence-corrected chi connectivity index (χ2v) is 7.55. The van der Waals surface area contributed by atoms with Crippen molar-refractivity contribution in [3.8, 4) is 0 Å². The number of nitrogens with two attached hydrogens (primary N) is 1. The molecule has 1 aliphatic rings. The summed E-state index contributed by atoms with van der Waals surface area (Å²) in [4.78, 5) is 0.419. The molecule has 0 radical (unpaired) electrons. The van der Waals surface area contributed by atoms with E-state index in [-0.39, 0.29) is 6.04 Å². The third-order valence-electron chi connectivity index (χ3n) is 4.45. The van der Waals surface area contributed by atoms with Crippen molar-refractivity contribution in [2.24, 2.45) is 0 Å². The Morgan fingerprint density at radius 1 is 1.24 bits per heavy atom. The summed E-state index contributed by atoms with van der Waals surface area (Å²) in [5.41, 5.74) is 8.43. The first-order valence-corrected chi connectivity index (χ1v) is 9.32. The Balaban J connectivity index is 2.56. The van der Waals surface area contributed by atoms with Crippen LogP contribution in [0.3, 0.4) is 0 Å². The van der Waals surface area contributed by atoms with Crippen LogP contribution >= 0.6 is 0 Å². The molecule has 1 atom stereocenters. The number of sulfonamides is 1. The molecule has 1 unspecified atom stereocenters. The van der Waals surface area contributed by atoms with Crippen LogP contribution < -0.4 is 5.73 Å². The van der Waals surface area contributed by atoms with Gasteiger partial charge in [-0.1, -0.05) is 20.8 Å². The van der Waals surface area contributed by atoms with Crippen molar-refractivity contribution in [1.82, 2.24) is 4.31 Å². The molecule has 2 N–H and O–H groups in total. The van der Waals surface area contributed by atoms with Crippen LogP contribution in [0, 0.1) is 0 Å². The number of hydrogen-bond donors (Lipinski definition) is 1. The number of benzene rings is 1. The van der Waals surface area contributed by atoms with E-state index in [0.29, 0.717) is 23.5 Å². The molecule has 0 aromatic heterocycles. The maximum absolute atomic E-state index is 13.1. The van der Waals surface area contributed by atoms with Crippen LogP contribution in [0.4, 0.5) is 5.69 Å². The summed E-state index contributed by atoms with van der Waals surface area (Å²) in [6.45, 7) is 6.65. The topological polar surface area (TPSA) is 63.4 Å². The molecule has 1 aliphatic heterocycles. The first-order chi connectivity index (χ1) is 9.95. The Hall–Kier alpha value is -1.07. The van der Waals surface area contributed by atoms with E-state index in [1.54, 1.807) is 4.31 Å². The van der Waals surface area contributed by atoms with Gasteiger partial charge in [0.05, 0.1) is 4.90 Å². The molecule has 21 heavy (non-hydrogen) atoms. The summed E-state index contributed by atoms with van der Waals surface area (Å²) in [6.07, 6.45) is 4.19. The molecule has 118 valence electrons. The molecule has 1 saturated heterocycles. The smallest absolute Gasteiger partial charge is 0.243 e. The van der Waals surface area contributed by atoms with E-state index in [1.807, 2.05) is 26.0 Å². The zero-order valence-electron chi connectivity index (χ0n) is 13.2. The molecule has 2 rings (SSSR count). The highest BCUT2D eigenvalue weighted by molar-refractivity contribution is 7.89. The molecule has 0 bridgehead atoms. The van der Waals surface area contributed by atoms with Gasteiger partial charge >= 0.3 is 0 Å². The Morgan fingerprint density at radius 2 is 1.95 bits per heavy atom. The van der Waals surface area contributed by atoms with E-state index in [9.17, 15) is 8.42 Å². The minimum Gasteiger partial charge on any atom is -0.398 e. The second-order valence-electron chi connectivity index (χ2n) is 5.69. The summed E-state index contributed by atoms with van der Waals surface area (Å²) < 4.78 is 27.8. The maximum Gasteiger partial charge on any atom is 0.243 e. The average Bonchev–Trinajstić information content (AvgIpc) is 2.95. The van der Waals surface area contributed by atoms with E-state index in [1.165, 1.54) is 0 Å². The van der Waals surface area contributed by atoms with Crippen molar-refractivity contribution in [2.45, 2.75) is 63.8 Å². The molecule has 1 aromatic carbocycles. The Bertz CT molecular complexity index is 611. The fraction of sp³-hybridized carbons (Fsp3) is 0.625. The predicted octanol–water partition coefficient (Wildman–Crippen LogP) is 2.96. The van der Waals surface area contributed by atoms with Crippen molar-refractivity contribution in [3.05, 3.63) is 23.3 Å². The van der Waals surface area contributed by atoms with Crippen LogP contribution in [0.25, 0.3) is 0 Å². The molecule has 0 aliphatic carbocycles. The molecule has 0 amide bonds. The van der Waals surface area contributed by atoms with Gasteiger partial charge in [0.2, 0.25) is 10.0 Å². The van der Waals surface area contributed by atoms with Gasteiger partial charge in [0.15, 0.2) is 0 Å². The summed E-state index contributed by atoms with van der Waals surface area (Å²) in [6, 6.07) is 3.85. The van der Waals surface area contributed by atoms with Gasteiger partial charge in [0.25, 0.3) is 0 Å². The van der Waals surface area contributed by atoms with Crippen LogP contribution in [0.15, 0.2) is 17.0 Å². The van der Waals surface area contributed by atoms with Crippen molar-refractivity contribution >= 4 is 15.7 Å². The normalized spacial score (nSPS) is 20.0. The summed E-state index contributed by atoms with van der Waals surface area (Å²) in [5, 5.41) is 0. The summed E-state index contributed by atoms with van der Waals surface area (Å²) in [5.74, 6) is 0. The lowest BCUT2D eigenvalue weighted by Gasteiger charge is -2.25. The van der Waals surface area contributed by atoms with Crippen LogP contribution in [0.2, 0.25) is 0 Å². The third-order valence-corrected chi connectivity index (χ3v) is 6.46. The van der Waals surface area contributed by atoms with Gasteiger partial charge in [-0.15, -0.1) is 0 Å². The number of anilines is 1. The quantitative estimate of drug-likeness (QED) is 0.850. The number of nitrogen functional groups attached to an aromatic ring is 1. The number of aryl methyl sites for hydroxylation is 1. The summed E-state index contributed by atoms with van der Waals surface area (Å²) >= 11 is 0. The van der Waals surface area contributed by atoms with Crippen LogP contribution in [-0.4, -0.2) is 25.3 Å². The van der Waals surface area contributed by atoms with Crippen molar-refractivity contribution < 1.29 is 8.42 Å². The highest BCUT2D eigenvalue weighted by Crippen LogP contribution is 2.32. The number of nitrogens with zero attached hydrogens (tertiary/aromatic N) is 1. The lowest BCUT2D eigenvalue weighted by Crippen LogP contribution is -2.35. The molecule has 0 saturated carbocycles. The Kier molecular flexibility index (Phi) is 4.94. The lowest BCUT2D eigenvalue weighted by molar-refractivity contribution is 0.379. The van der Waals surface area contributed by atoms with Gasteiger partial charge in [-0.3, -0.25) is 0 Å². The zero-order valence-corrected chi connectivity index (χ0v) is 14.0. The maximum atomic E-state index is 13.1. The van der Waals surface area contributed by atoms with E-state index < -0.39 is 10.0 Å². The van der Waals surface area contributed by atoms with Gasteiger partial charge in [0.1, 0.15) is 0 Å². The van der Waals surface area contributed by atoms with Gasteiger partial charge in [-0.05, 0) is 55.4 Å². The molecule has 0 spiro atoms. The molecular weight excluding hydrogens is 284 g/mol. The van der Waals surface area contributed by atoms with Gasteiger partial charge in [0, 0.05) is 18.3 Å². The minimum absolute atomic E-state index is 0.131. The van der Waals surface area contributed by atoms with Gasteiger partial charge in [-0.25, -0.2) is 8.42 Å². The zero-order chi connectivity index (χ0) is 15.6. The largest absolute Gasteiger partial charge is 0.398 e. The van der Waals surface area contributed by atoms with Gasteiger partial charge < -0.3 is 5.73 Å². The minimum atomic E-state index is -3.44. The number of hydrogen-bond acceptors (Lipinski definition) is 3. The van der Waals surface area contributed by atoms with Crippen LogP contribution in [0.1, 0.15) is 51.2 Å². The SMILES string of the molecule is CCc1cc(N)c(CC)c(S(=O)(=O)N2CCCC2CC)c1. The molecule has 1 fully saturated rings. The number of rotatable bonds is 5. The van der Waals surface area contributed by atoms with Crippen molar-refractivity contribution in [2.75, 3.05) is 12.3 Å². The van der Waals surface area contributed by atoms with Crippen molar-refractivity contribution in [1.29, 1.82) is 0 Å². The van der Waals surface area contributed by atoms with E-state index in [0.717, 1.165) is 36.8 Å². The standard InChI is InChI=1S/C16H26N2O2S/c1-4-12-10-15(17)14(6-3)16(11-12)21(19,20)18-9-7-8-13(18)5-2/h10-11,13H,4-9,17H2,1-3H3. The van der Waals surface area contributed by atoms with E-state index in [4.69, 9.17) is 5.73 Å². The molecule has 1 heterocycles. The first kappa shape index (κ1) is 16.3. The van der Waals surface area contributed by atoms with E-state index >= 15 is 0 Å². The molecular formula is C16H26N2O2S. The molecule has 5 heteroatoms. The fourth-order valence-electron chi connectivity index (χ4n) is 3.20. The van der Waals surface area contributed by atoms with E-state index in [2.05, 4.69) is 6.92 Å². The molecule has 1 aromatic rings. The highest BCUT2D eigenvalue weighted by Gasteiger charge is 2.35. The van der Waals surface area contributed by atoms with Crippen molar-refractivity contribution in [3.63, 3.8) is 0 Å². The van der Waals surface area contributed by atoms with Gasteiger partial charge in [-0.2, -0.15) is 4.31 Å². The van der Waals surface area contributed by atoms with Crippen LogP contribution in [0.5, 0.6) is 0 Å². The highest BCUT2D eigenvalue weighted by atomic mass is 32.2. The Morgan fingerprint density at radius 3 is 2.52 bits per heavy atom. The fourth-order valence-corrected chi connectivity index (χ4v) is 5.34.